The smallest absolute Gasteiger partial charge is 0.336 e. The average molecular weight is 1500 g/mol. The molecule has 0 bridgehead atoms. The number of aromatic amines is 1. The lowest BCUT2D eigenvalue weighted by Gasteiger charge is -2.30. The van der Waals surface area contributed by atoms with Gasteiger partial charge in [-0.15, -0.1) is 0 Å². The molecule has 35 heteroatoms. The Labute approximate surface area is 621 Å². The van der Waals surface area contributed by atoms with E-state index in [9.17, 15) is 77.8 Å². The van der Waals surface area contributed by atoms with Gasteiger partial charge >= 0.3 is 5.63 Å². The zero-order valence-corrected chi connectivity index (χ0v) is 60.8. The zero-order valence-electron chi connectivity index (χ0n) is 60.8. The molecular weight excluding hydrogens is 1400 g/mol. The van der Waals surface area contributed by atoms with Gasteiger partial charge in [-0.25, -0.2) is 9.78 Å². The van der Waals surface area contributed by atoms with Crippen LogP contribution in [0.1, 0.15) is 115 Å². The fourth-order valence-corrected chi connectivity index (χ4v) is 11.6. The topological polar surface area (TPSA) is 541 Å². The fourth-order valence-electron chi connectivity index (χ4n) is 11.6. The molecule has 0 radical (unpaired) electrons. The number of nitro groups is 2. The molecule has 6 aromatic rings. The minimum absolute atomic E-state index is 0.00271. The first-order valence-electron chi connectivity index (χ1n) is 35.3. The van der Waals surface area contributed by atoms with E-state index < -0.39 is 165 Å². The summed E-state index contributed by atoms with van der Waals surface area (Å²) in [7, 11) is 1.43. The number of amides is 11. The predicted molar refractivity (Wildman–Crippen MR) is 395 cm³/mol. The lowest BCUT2D eigenvalue weighted by atomic mass is 9.98. The Bertz CT molecular complexity index is 4180. The Morgan fingerprint density at radius 1 is 0.574 bits per heavy atom. The zero-order chi connectivity index (χ0) is 79.1. The molecule has 0 aliphatic carbocycles. The summed E-state index contributed by atoms with van der Waals surface area (Å²) in [5.41, 5.74) is 17.3. The SMILES string of the molecule is COc1ccc2c(CC(=O)NC(Cc3cnc[nH]3)C(=O)NC(CCC(N)=O)C(=O)NC(CCCCN)C(=O)NC(CC(C)C)C(=O)NC(C(=O)NC(Cc3ccccc3)C(=O)NC(Cc3ccccc3)C(=O)NC(C)C(=O)NC(CCCCNc3ccc([N+](=O)[O-])cc3[N+](=O)[O-])C(N)=O)C(C)C)cc(=O)oc2c1. The quantitative estimate of drug-likeness (QED) is 0.0112. The van der Waals surface area contributed by atoms with Crippen molar-refractivity contribution in [1.29, 1.82) is 0 Å². The second-order valence-corrected chi connectivity index (χ2v) is 26.7. The van der Waals surface area contributed by atoms with Crippen LogP contribution in [-0.2, 0) is 78.4 Å². The van der Waals surface area contributed by atoms with Crippen LogP contribution in [0.3, 0.4) is 0 Å². The van der Waals surface area contributed by atoms with E-state index in [1.807, 2.05) is 0 Å². The third-order valence-electron chi connectivity index (χ3n) is 17.4. The molecule has 4 aromatic carbocycles. The van der Waals surface area contributed by atoms with Crippen LogP contribution in [0.25, 0.3) is 11.0 Å². The fraction of sp³-hybridized carbons (Fsp3) is 0.438. The number of hydrogen-bond acceptors (Lipinski definition) is 21. The first-order valence-corrected chi connectivity index (χ1v) is 35.3. The maximum absolute atomic E-state index is 14.8. The molecule has 6 rings (SSSR count). The summed E-state index contributed by atoms with van der Waals surface area (Å²) >= 11 is 0. The highest BCUT2D eigenvalue weighted by atomic mass is 16.6. The van der Waals surface area contributed by atoms with E-state index in [0.29, 0.717) is 40.8 Å². The molecule has 0 saturated heterocycles. The van der Waals surface area contributed by atoms with Gasteiger partial charge in [0.1, 0.15) is 71.4 Å². The molecule has 580 valence electrons. The number of imidazole rings is 1. The molecule has 0 aliphatic heterocycles. The molecule has 9 unspecified atom stereocenters. The van der Waals surface area contributed by atoms with Gasteiger partial charge in [-0.2, -0.15) is 0 Å². The number of nitrogens with two attached hydrogens (primary N) is 3. The monoisotopic (exact) mass is 1500 g/mol. The number of nitrogens with zero attached hydrogens (tertiary/aromatic N) is 3. The van der Waals surface area contributed by atoms with Gasteiger partial charge in [-0.05, 0) is 112 Å². The highest BCUT2D eigenvalue weighted by Crippen LogP contribution is 2.29. The van der Waals surface area contributed by atoms with Crippen molar-refractivity contribution in [2.45, 2.75) is 172 Å². The molecule has 17 N–H and O–H groups in total. The predicted octanol–water partition coefficient (Wildman–Crippen LogP) is 1.86. The molecule has 2 aromatic heterocycles. The number of carbonyl (C=O) groups is 11. The van der Waals surface area contributed by atoms with Crippen molar-refractivity contribution in [3.8, 4) is 5.75 Å². The maximum Gasteiger partial charge on any atom is 0.336 e. The van der Waals surface area contributed by atoms with Gasteiger partial charge in [-0.1, -0.05) is 88.4 Å². The van der Waals surface area contributed by atoms with Crippen LogP contribution >= 0.6 is 0 Å². The molecule has 108 heavy (non-hydrogen) atoms. The number of ether oxygens (including phenoxy) is 1. The van der Waals surface area contributed by atoms with Gasteiger partial charge < -0.3 is 84.5 Å². The molecule has 9 atom stereocenters. The van der Waals surface area contributed by atoms with E-state index in [4.69, 9.17) is 26.4 Å². The maximum atomic E-state index is 14.8. The molecule has 11 amide bonds. The number of anilines is 1. The molecule has 35 nitrogen and oxygen atoms in total. The molecule has 0 fully saturated rings. The minimum Gasteiger partial charge on any atom is -0.497 e. The number of rotatable bonds is 45. The summed E-state index contributed by atoms with van der Waals surface area (Å²) in [6.45, 7) is 8.49. The number of H-pyrrole nitrogens is 1. The number of carbonyl (C=O) groups excluding carboxylic acids is 11. The van der Waals surface area contributed by atoms with Gasteiger partial charge in [0.05, 0.1) is 35.8 Å². The lowest BCUT2D eigenvalue weighted by molar-refractivity contribution is -0.393. The second kappa shape index (κ2) is 42.1. The van der Waals surface area contributed by atoms with E-state index in [1.54, 1.807) is 100 Å². The van der Waals surface area contributed by atoms with Crippen LogP contribution in [0.15, 0.2) is 125 Å². The highest BCUT2D eigenvalue weighted by Gasteiger charge is 2.37. The Kier molecular flexibility index (Phi) is 33.0. The van der Waals surface area contributed by atoms with Crippen molar-refractivity contribution in [2.24, 2.45) is 29.0 Å². The van der Waals surface area contributed by atoms with E-state index in [1.165, 1.54) is 38.7 Å². The largest absolute Gasteiger partial charge is 0.497 e. The molecule has 0 spiro atoms. The summed E-state index contributed by atoms with van der Waals surface area (Å²) in [5.74, 6) is -9.89. The van der Waals surface area contributed by atoms with E-state index in [0.717, 1.165) is 18.2 Å². The van der Waals surface area contributed by atoms with Crippen molar-refractivity contribution in [3.05, 3.63) is 169 Å². The van der Waals surface area contributed by atoms with Gasteiger partial charge in [0.2, 0.25) is 65.0 Å². The first-order chi connectivity index (χ1) is 51.4. The van der Waals surface area contributed by atoms with Gasteiger partial charge in [-0.3, -0.25) is 73.0 Å². The number of primary amides is 2. The number of benzene rings is 4. The first kappa shape index (κ1) is 84.8. The number of hydrogen-bond donors (Lipinski definition) is 14. The van der Waals surface area contributed by atoms with Crippen LogP contribution < -0.4 is 80.7 Å². The third-order valence-corrected chi connectivity index (χ3v) is 17.4. The van der Waals surface area contributed by atoms with Gasteiger partial charge in [0, 0.05) is 67.7 Å². The Balaban J connectivity index is 1.16. The van der Waals surface area contributed by atoms with Crippen LogP contribution in [0.2, 0.25) is 0 Å². The van der Waals surface area contributed by atoms with Crippen LogP contribution in [0, 0.1) is 32.1 Å². The number of fused-ring (bicyclic) bond motifs is 1. The van der Waals surface area contributed by atoms with Gasteiger partial charge in [0.15, 0.2) is 0 Å². The number of nitro benzene ring substituents is 2. The summed E-state index contributed by atoms with van der Waals surface area (Å²) in [6.07, 6.45) is 2.32. The Hall–Kier alpha value is -12.2. The third kappa shape index (κ3) is 27.1. The normalized spacial score (nSPS) is 13.6. The number of aromatic nitrogens is 2. The van der Waals surface area contributed by atoms with Crippen molar-refractivity contribution < 1.29 is 71.7 Å². The number of non-ortho nitro benzene ring substituents is 1. The summed E-state index contributed by atoms with van der Waals surface area (Å²) in [5, 5.41) is 50.2. The molecule has 0 aliphatic rings. The standard InChI is InChI=1S/C73H95N17O18/c1-41(2)31-55(85-67(96)53(22-13-15-29-74)83-68(97)54(27-28-61(75)91)84-71(100)58(36-47-39-77-40-79-47)81-62(92)34-46-35-63(93)108-60-38-49(107-6)24-25-50(46)60)72(101)88-64(42(3)4)73(102)87-57(33-45-19-11-8-12-20-45)70(99)86-56(32-44-17-9-7-10-18-44)69(98)80-43(5)66(95)82-52(65(76)94)21-14-16-30-78-51-26-23-48(89(103)104)37-59(51)90(105)106/h7-12,17-20,23-26,35,37-43,52-58,64,78H,13-16,21-22,27-34,36,74H2,1-6H3,(H2,75,91)(H2,76,94)(H,77,79)(H,80,98)(H,81,92)(H,82,95)(H,83,97)(H,84,100)(H,85,96)(H,86,99)(H,87,102)(H,88,101). The number of methoxy groups -OCH3 is 1. The van der Waals surface area contributed by atoms with Crippen LogP contribution in [-0.4, -0.2) is 159 Å². The van der Waals surface area contributed by atoms with Crippen molar-refractivity contribution in [2.75, 3.05) is 25.5 Å². The number of nitrogens with one attached hydrogen (secondary N) is 11. The summed E-state index contributed by atoms with van der Waals surface area (Å²) < 4.78 is 10.6. The summed E-state index contributed by atoms with van der Waals surface area (Å²) in [4.78, 5) is 195. The van der Waals surface area contributed by atoms with Crippen molar-refractivity contribution in [1.82, 2.24) is 57.8 Å². The van der Waals surface area contributed by atoms with Crippen molar-refractivity contribution >= 4 is 93.0 Å². The van der Waals surface area contributed by atoms with Crippen LogP contribution in [0.4, 0.5) is 17.1 Å². The molecule has 0 saturated carbocycles. The van der Waals surface area contributed by atoms with Crippen LogP contribution in [0.5, 0.6) is 5.75 Å². The molecule has 2 heterocycles. The van der Waals surface area contributed by atoms with Gasteiger partial charge in [0.25, 0.3) is 11.4 Å². The van der Waals surface area contributed by atoms with E-state index >= 15 is 0 Å². The highest BCUT2D eigenvalue weighted by molar-refractivity contribution is 5.99. The van der Waals surface area contributed by atoms with E-state index in [-0.39, 0.29) is 93.6 Å². The summed E-state index contributed by atoms with van der Waals surface area (Å²) in [6, 6.07) is 13.6. The number of unbranched alkanes of at least 4 members (excludes halogenated alkanes) is 2. The second-order valence-electron chi connectivity index (χ2n) is 26.7. The van der Waals surface area contributed by atoms with Crippen molar-refractivity contribution in [3.63, 3.8) is 0 Å². The Morgan fingerprint density at radius 2 is 1.12 bits per heavy atom. The lowest BCUT2D eigenvalue weighted by Crippen LogP contribution is -2.61. The minimum atomic E-state index is -1.56. The Morgan fingerprint density at radius 3 is 1.68 bits per heavy atom. The average Bonchev–Trinajstić information content (AvgIpc) is 0.919. The molecular formula is C73H95N17O18. The van der Waals surface area contributed by atoms with E-state index in [2.05, 4.69) is 63.1 Å².